The largest absolute Gasteiger partial charge is 0.472 e. The number of carbonyl (C=O) groups is 4. The van der Waals surface area contributed by atoms with Gasteiger partial charge in [-0.15, -0.1) is 0 Å². The third-order valence-corrected chi connectivity index (χ3v) is 23.8. The topological polar surface area (TPSA) is 380 Å². The molecule has 0 aromatic rings. The molecule has 26 heteroatoms. The molecule has 1 saturated carbocycles. The lowest BCUT2D eigenvalue weighted by atomic mass is 9.84. The van der Waals surface area contributed by atoms with Crippen LogP contribution >= 0.6 is 7.82 Å². The number of phosphoric ester groups is 1. The predicted molar refractivity (Wildman–Crippen MR) is 449 cm³/mol. The summed E-state index contributed by atoms with van der Waals surface area (Å²) in [5.74, 6) is -2.33. The van der Waals surface area contributed by atoms with Crippen LogP contribution in [0.25, 0.3) is 0 Å². The van der Waals surface area contributed by atoms with Gasteiger partial charge < -0.3 is 88.7 Å². The van der Waals surface area contributed by atoms with Crippen molar-refractivity contribution in [3.05, 3.63) is 24.3 Å². The van der Waals surface area contributed by atoms with E-state index in [4.69, 9.17) is 46.9 Å². The molecule has 3 fully saturated rings. The molecule has 1 aliphatic carbocycles. The van der Waals surface area contributed by atoms with Crippen LogP contribution in [0, 0.1) is 5.92 Å². The Morgan fingerprint density at radius 3 is 1.12 bits per heavy atom. The van der Waals surface area contributed by atoms with Crippen LogP contribution in [0.3, 0.4) is 0 Å². The van der Waals surface area contributed by atoms with Gasteiger partial charge in [0.05, 0.1) is 13.2 Å². The molecule has 25 nitrogen and oxygen atoms in total. The molecule has 680 valence electrons. The van der Waals surface area contributed by atoms with Crippen molar-refractivity contribution in [3.63, 3.8) is 0 Å². The average molecular weight is 1680 g/mol. The zero-order valence-corrected chi connectivity index (χ0v) is 73.4. The van der Waals surface area contributed by atoms with Crippen LogP contribution in [0.1, 0.15) is 388 Å². The highest BCUT2D eigenvalue weighted by molar-refractivity contribution is 7.47. The smallest absolute Gasteiger partial charge is 0.463 e. The highest BCUT2D eigenvalue weighted by Gasteiger charge is 2.60. The standard InChI is InChI=1S/C90H165O25P/c1-6-10-14-18-22-25-28-31-32-35-37-39-42-49-55-61-73(92)106-66-70(109-75(94)63-57-52-46-45-48-54-60-69(5)59-53-47-21-17-13-9-4)67-108-116(104,105)115-88-86(113-89-83(102)79(98)77(96)71(65-91)110-89)82(101)81(100)85(112-76(95)64-58-51-44-41-38-34-30-27-24-20-16-12-8-3)87(88)114-90-84(103)80(99)78(97)72(111-90)68-107-74(93)62-56-50-43-40-36-33-29-26-23-19-15-11-7-2/h33-34,36,38,69-72,77-91,96-103H,6-32,35,37,39-68H2,1-5H3,(H,104,105)/b36-33-,38-34-. The number of hydrogen-bond donors (Lipinski definition) is 10. The van der Waals surface area contributed by atoms with Gasteiger partial charge in [0.25, 0.3) is 0 Å². The first-order valence-corrected chi connectivity index (χ1v) is 48.0. The minimum atomic E-state index is -5.81. The van der Waals surface area contributed by atoms with Crippen LogP contribution in [-0.4, -0.2) is 205 Å². The average Bonchev–Trinajstić information content (AvgIpc) is 0.730. The number of esters is 4. The van der Waals surface area contributed by atoms with Gasteiger partial charge in [-0.25, -0.2) is 4.57 Å². The lowest BCUT2D eigenvalue weighted by Gasteiger charge is -2.50. The Morgan fingerprint density at radius 1 is 0.362 bits per heavy atom. The van der Waals surface area contributed by atoms with Crippen molar-refractivity contribution >= 4 is 31.7 Å². The molecule has 0 radical (unpaired) electrons. The van der Waals surface area contributed by atoms with E-state index in [1.807, 2.05) is 0 Å². The Balaban J connectivity index is 1.93. The zero-order valence-electron chi connectivity index (χ0n) is 72.5. The second-order valence-corrected chi connectivity index (χ2v) is 34.8. The van der Waals surface area contributed by atoms with Crippen LogP contribution in [0.5, 0.6) is 0 Å². The van der Waals surface area contributed by atoms with Gasteiger partial charge in [0.15, 0.2) is 24.8 Å². The van der Waals surface area contributed by atoms with E-state index in [0.29, 0.717) is 44.4 Å². The minimum Gasteiger partial charge on any atom is -0.463 e. The van der Waals surface area contributed by atoms with Gasteiger partial charge in [0.1, 0.15) is 92.6 Å². The number of ether oxygens (including phenoxy) is 8. The first-order valence-electron chi connectivity index (χ1n) is 46.5. The highest BCUT2D eigenvalue weighted by Crippen LogP contribution is 2.49. The van der Waals surface area contributed by atoms with Crippen molar-refractivity contribution in [2.45, 2.75) is 492 Å². The second-order valence-electron chi connectivity index (χ2n) is 33.4. The zero-order chi connectivity index (χ0) is 84.8. The van der Waals surface area contributed by atoms with Gasteiger partial charge in [-0.05, 0) is 83.0 Å². The minimum absolute atomic E-state index is 0.00767. The first-order chi connectivity index (χ1) is 56.1. The molecule has 116 heavy (non-hydrogen) atoms. The summed E-state index contributed by atoms with van der Waals surface area (Å²) in [6, 6.07) is 0. The van der Waals surface area contributed by atoms with E-state index in [1.165, 1.54) is 167 Å². The summed E-state index contributed by atoms with van der Waals surface area (Å²) in [6.45, 7) is 7.88. The van der Waals surface area contributed by atoms with Crippen molar-refractivity contribution in [2.75, 3.05) is 26.4 Å². The van der Waals surface area contributed by atoms with Crippen molar-refractivity contribution in [1.82, 2.24) is 0 Å². The molecule has 0 amide bonds. The third kappa shape index (κ3) is 48.7. The normalized spacial score (nSPS) is 25.5. The molecule has 2 aliphatic heterocycles. The molecule has 3 aliphatic rings. The van der Waals surface area contributed by atoms with Gasteiger partial charge in [0.2, 0.25) is 0 Å². The number of phosphoric acid groups is 1. The van der Waals surface area contributed by atoms with Crippen LogP contribution in [0.15, 0.2) is 24.3 Å². The fraction of sp³-hybridized carbons (Fsp3) is 0.911. The summed E-state index contributed by atoms with van der Waals surface area (Å²) >= 11 is 0. The number of aliphatic hydroxyl groups is 9. The van der Waals surface area contributed by atoms with Crippen LogP contribution in [0.4, 0.5) is 0 Å². The second kappa shape index (κ2) is 68.4. The first kappa shape index (κ1) is 107. The molecule has 19 unspecified atom stereocenters. The summed E-state index contributed by atoms with van der Waals surface area (Å²) in [5, 5.41) is 102. The van der Waals surface area contributed by atoms with Crippen LogP contribution < -0.4 is 0 Å². The SMILES string of the molecule is CCCCCCCC/C=C\CCCCCC(=O)OCC1OC(OC2C(OC(=O)CCCCC/C=C\CCCCCCCC)C(O)C(O)C(OC3OC(CO)C(O)C(O)C3O)C2OP(=O)(O)OCC(COC(=O)CCCCCCCCCCCCCCCCC)OC(=O)CCCCCCCCC(C)CCCCCCCC)C(O)C(O)C1O. The van der Waals surface area contributed by atoms with E-state index < -0.39 is 162 Å². The summed E-state index contributed by atoms with van der Waals surface area (Å²) in [6.07, 6.45) is 26.3. The van der Waals surface area contributed by atoms with E-state index in [-0.39, 0.29) is 32.1 Å². The molecule has 3 rings (SSSR count). The van der Waals surface area contributed by atoms with Crippen LogP contribution in [0.2, 0.25) is 0 Å². The summed E-state index contributed by atoms with van der Waals surface area (Å²) in [7, 11) is -5.81. The van der Waals surface area contributed by atoms with Gasteiger partial charge in [-0.1, -0.05) is 309 Å². The predicted octanol–water partition coefficient (Wildman–Crippen LogP) is 16.8. The number of allylic oxidation sites excluding steroid dienone is 4. The van der Waals surface area contributed by atoms with Crippen LogP contribution in [-0.2, 0) is 70.7 Å². The van der Waals surface area contributed by atoms with Gasteiger partial charge in [-0.3, -0.25) is 28.2 Å². The fourth-order valence-corrected chi connectivity index (χ4v) is 16.3. The van der Waals surface area contributed by atoms with Crippen molar-refractivity contribution < 1.29 is 122 Å². The Labute approximate surface area is 698 Å². The maximum Gasteiger partial charge on any atom is 0.472 e. The van der Waals surface area contributed by atoms with E-state index in [9.17, 15) is 74.6 Å². The molecule has 0 aromatic carbocycles. The molecular formula is C90H165O25P. The lowest BCUT2D eigenvalue weighted by Crippen LogP contribution is -2.70. The Kier molecular flexibility index (Phi) is 63.2. The molecule has 2 heterocycles. The molecular weight excluding hydrogens is 1510 g/mol. The maximum absolute atomic E-state index is 14.9. The summed E-state index contributed by atoms with van der Waals surface area (Å²) < 4.78 is 73.4. The maximum atomic E-state index is 14.9. The Hall–Kier alpha value is -3.05. The highest BCUT2D eigenvalue weighted by atomic mass is 31.2. The molecule has 0 bridgehead atoms. The number of hydrogen-bond acceptors (Lipinski definition) is 24. The number of rotatable bonds is 74. The van der Waals surface area contributed by atoms with E-state index >= 15 is 0 Å². The Morgan fingerprint density at radius 2 is 0.698 bits per heavy atom. The van der Waals surface area contributed by atoms with E-state index in [1.54, 1.807) is 0 Å². The number of unbranched alkanes of at least 4 members (excludes halogenated alkanes) is 42. The third-order valence-electron chi connectivity index (χ3n) is 22.8. The van der Waals surface area contributed by atoms with E-state index in [0.717, 1.165) is 116 Å². The molecule has 19 atom stereocenters. The summed E-state index contributed by atoms with van der Waals surface area (Å²) in [5.41, 5.74) is 0. The molecule has 0 spiro atoms. The number of carbonyl (C=O) groups excluding carboxylic acids is 4. The van der Waals surface area contributed by atoms with Gasteiger partial charge in [-0.2, -0.15) is 0 Å². The van der Waals surface area contributed by atoms with Crippen molar-refractivity contribution in [2.24, 2.45) is 5.92 Å². The quantitative estimate of drug-likeness (QED) is 0.00889. The lowest BCUT2D eigenvalue weighted by molar-refractivity contribution is -0.360. The van der Waals surface area contributed by atoms with Crippen molar-refractivity contribution in [3.8, 4) is 0 Å². The summed E-state index contributed by atoms with van der Waals surface area (Å²) in [4.78, 5) is 66.4. The monoisotopic (exact) mass is 1680 g/mol. The molecule has 10 N–H and O–H groups in total. The number of aliphatic hydroxyl groups excluding tert-OH is 9. The van der Waals surface area contributed by atoms with Gasteiger partial charge >= 0.3 is 31.7 Å². The van der Waals surface area contributed by atoms with Crippen molar-refractivity contribution in [1.29, 1.82) is 0 Å². The molecule has 2 saturated heterocycles. The van der Waals surface area contributed by atoms with Gasteiger partial charge in [0, 0.05) is 25.7 Å². The molecule has 0 aromatic heterocycles. The Bertz CT molecular complexity index is 2530. The fourth-order valence-electron chi connectivity index (χ4n) is 15.3. The van der Waals surface area contributed by atoms with E-state index in [2.05, 4.69) is 58.9 Å².